The molecule has 2 saturated carbocycles. The quantitative estimate of drug-likeness (QED) is 0.0454. The van der Waals surface area contributed by atoms with Gasteiger partial charge in [0.15, 0.2) is 11.6 Å². The molecule has 342 valence electrons. The van der Waals surface area contributed by atoms with Crippen LogP contribution < -0.4 is 21.3 Å². The Bertz CT molecular complexity index is 2990. The van der Waals surface area contributed by atoms with Crippen LogP contribution in [0.25, 0.3) is 0 Å². The molecule has 16 nitrogen and oxygen atoms in total. The fourth-order valence-electron chi connectivity index (χ4n) is 8.57. The highest BCUT2D eigenvalue weighted by molar-refractivity contribution is 6.44. The van der Waals surface area contributed by atoms with E-state index >= 15 is 4.39 Å². The van der Waals surface area contributed by atoms with E-state index in [1.54, 1.807) is 6.07 Å². The van der Waals surface area contributed by atoms with Gasteiger partial charge < -0.3 is 30.4 Å². The first-order chi connectivity index (χ1) is 31.0. The molecule has 66 heavy (non-hydrogen) atoms. The largest absolute Gasteiger partial charge is 0.343 e. The van der Waals surface area contributed by atoms with Crippen molar-refractivity contribution in [2.75, 3.05) is 10.6 Å². The van der Waals surface area contributed by atoms with Gasteiger partial charge in [0, 0.05) is 61.7 Å². The van der Waals surface area contributed by atoms with E-state index in [1.165, 1.54) is 73.9 Å². The Morgan fingerprint density at radius 2 is 1.42 bits per heavy atom. The van der Waals surface area contributed by atoms with E-state index in [9.17, 15) is 51.6 Å². The van der Waals surface area contributed by atoms with E-state index in [4.69, 9.17) is 0 Å². The molecule has 4 N–H and O–H groups in total. The second-order valence-corrected chi connectivity index (χ2v) is 16.5. The number of rotatable bonds is 14. The number of carbonyl (C=O) groups excluding carboxylic acids is 6. The predicted octanol–water partition coefficient (Wildman–Crippen LogP) is 5.86. The molecule has 21 heteroatoms. The third kappa shape index (κ3) is 8.36. The number of hydrogen-bond acceptors (Lipinski definition) is 9. The van der Waals surface area contributed by atoms with Crippen LogP contribution in [0, 0.1) is 56.5 Å². The number of benzene rings is 2. The zero-order valence-electron chi connectivity index (χ0n) is 36.3. The fourth-order valence-corrected chi connectivity index (χ4v) is 8.57. The van der Waals surface area contributed by atoms with Gasteiger partial charge in [0.05, 0.1) is 41.0 Å². The average Bonchev–Trinajstić information content (AvgIpc) is 3.75. The number of carbonyl (C=O) groups is 6. The summed E-state index contributed by atoms with van der Waals surface area (Å²) in [6.07, 6.45) is 1.57. The third-order valence-electron chi connectivity index (χ3n) is 12.2. The number of nitriles is 1. The molecule has 0 saturated heterocycles. The summed E-state index contributed by atoms with van der Waals surface area (Å²) in [6.45, 7) is 9.22. The summed E-state index contributed by atoms with van der Waals surface area (Å²) in [6, 6.07) is 6.66. The highest BCUT2D eigenvalue weighted by atomic mass is 19.3. The monoisotopic (exact) mass is 912 g/mol. The second-order valence-electron chi connectivity index (χ2n) is 16.5. The van der Waals surface area contributed by atoms with Crippen LogP contribution in [-0.2, 0) is 30.2 Å². The number of nitrogens with one attached hydrogen (secondary N) is 4. The van der Waals surface area contributed by atoms with Crippen molar-refractivity contribution >= 4 is 46.6 Å². The Morgan fingerprint density at radius 3 is 1.97 bits per heavy atom. The maximum Gasteiger partial charge on any atom is 0.293 e. The van der Waals surface area contributed by atoms with E-state index in [1.807, 2.05) is 0 Å². The molecule has 2 atom stereocenters. The van der Waals surface area contributed by atoms with E-state index in [0.29, 0.717) is 12.1 Å². The van der Waals surface area contributed by atoms with Crippen molar-refractivity contribution < 1.29 is 50.7 Å². The number of anilines is 2. The van der Waals surface area contributed by atoms with Crippen LogP contribution in [0.15, 0.2) is 49.2 Å². The normalized spacial score (nSPS) is 16.6. The highest BCUT2D eigenvalue weighted by Crippen LogP contribution is 2.52. The van der Waals surface area contributed by atoms with Crippen molar-refractivity contribution in [3.05, 3.63) is 128 Å². The zero-order chi connectivity index (χ0) is 48.3. The van der Waals surface area contributed by atoms with Gasteiger partial charge in [0.2, 0.25) is 0 Å². The molecule has 2 aliphatic carbocycles. The predicted molar refractivity (Wildman–Crippen MR) is 225 cm³/mol. The van der Waals surface area contributed by atoms with E-state index in [0.717, 1.165) is 24.3 Å². The Kier molecular flexibility index (Phi) is 11.9. The molecule has 0 aliphatic heterocycles. The lowest BCUT2D eigenvalue weighted by molar-refractivity contribution is -0.135. The molecule has 0 bridgehead atoms. The number of aromatic nitrogens is 5. The van der Waals surface area contributed by atoms with E-state index in [-0.39, 0.29) is 74.1 Å². The fraction of sp³-hybridized carbons (Fsp3) is 0.311. The topological polar surface area (TPSA) is 215 Å². The van der Waals surface area contributed by atoms with Crippen molar-refractivity contribution in [1.82, 2.24) is 34.8 Å². The summed E-state index contributed by atoms with van der Waals surface area (Å²) in [5.74, 6) is -12.3. The lowest BCUT2D eigenvalue weighted by Crippen LogP contribution is -2.62. The maximum absolute atomic E-state index is 15.7. The molecule has 2 aliphatic rings. The van der Waals surface area contributed by atoms with Gasteiger partial charge in [-0.15, -0.1) is 11.7 Å². The first-order valence-corrected chi connectivity index (χ1v) is 20.3. The first-order valence-electron chi connectivity index (χ1n) is 20.3. The van der Waals surface area contributed by atoms with Gasteiger partial charge in [-0.1, -0.05) is 11.3 Å². The van der Waals surface area contributed by atoms with Crippen LogP contribution in [-0.4, -0.2) is 70.8 Å². The molecule has 5 aromatic rings. The Morgan fingerprint density at radius 1 is 0.848 bits per heavy atom. The molecule has 2 fully saturated rings. The summed E-state index contributed by atoms with van der Waals surface area (Å²) in [5, 5.41) is 27.9. The zero-order valence-corrected chi connectivity index (χ0v) is 36.3. The molecule has 0 radical (unpaired) electrons. The smallest absolute Gasteiger partial charge is 0.293 e. The molecule has 0 spiro atoms. The van der Waals surface area contributed by atoms with Gasteiger partial charge in [-0.2, -0.15) is 5.26 Å². The van der Waals surface area contributed by atoms with Crippen LogP contribution in [0.1, 0.15) is 112 Å². The average molecular weight is 913 g/mol. The Hall–Kier alpha value is -7.76. The number of Topliss-reactive ketones (excluding diaryl/α,β-unsaturated/α-hetero) is 2. The number of alkyl halides is 2. The molecule has 4 amide bonds. The first kappa shape index (κ1) is 46.2. The number of amides is 4. The Balaban J connectivity index is 1.00. The van der Waals surface area contributed by atoms with Crippen LogP contribution in [0.3, 0.4) is 0 Å². The summed E-state index contributed by atoms with van der Waals surface area (Å²) in [7, 11) is 2.99. The van der Waals surface area contributed by atoms with Gasteiger partial charge in [-0.3, -0.25) is 28.8 Å². The maximum atomic E-state index is 15.7. The number of hydrogen-bond donors (Lipinski definition) is 4. The lowest BCUT2D eigenvalue weighted by Gasteiger charge is -2.45. The summed E-state index contributed by atoms with van der Waals surface area (Å²) < 4.78 is 74.4. The minimum Gasteiger partial charge on any atom is -0.343 e. The third-order valence-corrected chi connectivity index (χ3v) is 12.2. The van der Waals surface area contributed by atoms with Crippen molar-refractivity contribution in [2.24, 2.45) is 14.1 Å². The summed E-state index contributed by atoms with van der Waals surface area (Å²) >= 11 is 0. The van der Waals surface area contributed by atoms with E-state index in [2.05, 4.69) is 38.2 Å². The van der Waals surface area contributed by atoms with Crippen LogP contribution in [0.5, 0.6) is 0 Å². The standard InChI is InChI=1S/C45H41F5N10O6/c1-8-44(18-45(49,50)19-44)55-43(66)39(62)34-21(3)37(59(7)23(34)5)41(64)54-26-11-24(15-51)35(48)29(12-26)28-14-32(28)60-17-27(56-57-60)16-52-42(65)38(61)33-20(2)36(58(6)22(33)4)40(63)53-25-9-10-30(46)31(47)13-25/h8-13,17,28,32H,1,14,16,18-19H2,2-7H3,(H,52,65)(H,53,63)(H,54,64)(H,55,66). The van der Waals surface area contributed by atoms with Crippen LogP contribution >= 0.6 is 0 Å². The molecule has 3 aromatic heterocycles. The van der Waals surface area contributed by atoms with Gasteiger partial charge in [-0.25, -0.2) is 26.6 Å². The van der Waals surface area contributed by atoms with Crippen molar-refractivity contribution in [2.45, 2.75) is 76.9 Å². The minimum absolute atomic E-state index is 0.0137. The van der Waals surface area contributed by atoms with Gasteiger partial charge in [0.25, 0.3) is 41.1 Å². The highest BCUT2D eigenvalue weighted by Gasteiger charge is 2.56. The molecule has 2 unspecified atom stereocenters. The molecular weight excluding hydrogens is 872 g/mol. The van der Waals surface area contributed by atoms with Gasteiger partial charge in [-0.05, 0) is 75.1 Å². The minimum atomic E-state index is -3.02. The van der Waals surface area contributed by atoms with Crippen LogP contribution in [0.2, 0.25) is 0 Å². The number of ketones is 2. The van der Waals surface area contributed by atoms with Crippen molar-refractivity contribution in [1.29, 1.82) is 5.26 Å². The van der Waals surface area contributed by atoms with Crippen LogP contribution in [0.4, 0.5) is 33.3 Å². The van der Waals surface area contributed by atoms with Crippen molar-refractivity contribution in [3.63, 3.8) is 0 Å². The second kappa shape index (κ2) is 17.0. The molecule has 7 rings (SSSR count). The molecule has 3 heterocycles. The number of halogens is 5. The van der Waals surface area contributed by atoms with E-state index < -0.39 is 88.9 Å². The molecular formula is C45H41F5N10O6. The lowest BCUT2D eigenvalue weighted by atomic mass is 9.73. The van der Waals surface area contributed by atoms with Gasteiger partial charge >= 0.3 is 0 Å². The summed E-state index contributed by atoms with van der Waals surface area (Å²) in [4.78, 5) is 79.7. The summed E-state index contributed by atoms with van der Waals surface area (Å²) in [5.41, 5.74) is -0.811. The number of nitrogens with zero attached hydrogens (tertiary/aromatic N) is 6. The molecule has 2 aromatic carbocycles. The SMILES string of the molecule is C=CC1(NC(=O)C(=O)c2c(C)c(C(=O)Nc3cc(C#N)c(F)c(C4CC4n4cc(CNC(=O)C(=O)c5c(C)c(C(=O)Nc6ccc(F)c(F)c6)n(C)c5C)nn4)c3)n(C)c2C)CC(F)(F)C1. The Labute approximate surface area is 372 Å². The van der Waals surface area contributed by atoms with Gasteiger partial charge in [0.1, 0.15) is 29.0 Å². The van der Waals surface area contributed by atoms with Crippen molar-refractivity contribution in [3.8, 4) is 6.07 Å².